The smallest absolute Gasteiger partial charge is 0.0188 e. The molecule has 0 bridgehead atoms. The zero-order chi connectivity index (χ0) is 13.7. The van der Waals surface area contributed by atoms with Crippen LogP contribution in [-0.2, 0) is 6.42 Å². The van der Waals surface area contributed by atoms with Crippen molar-refractivity contribution < 1.29 is 0 Å². The molecule has 1 atom stereocenters. The van der Waals surface area contributed by atoms with E-state index in [1.807, 2.05) is 41.5 Å². The van der Waals surface area contributed by atoms with Crippen LogP contribution in [-0.4, -0.2) is 0 Å². The van der Waals surface area contributed by atoms with Gasteiger partial charge in [0, 0.05) is 0 Å². The first kappa shape index (κ1) is 18.6. The van der Waals surface area contributed by atoms with Crippen LogP contribution in [0.15, 0.2) is 24.3 Å². The molecule has 0 aliphatic heterocycles. The van der Waals surface area contributed by atoms with E-state index in [0.717, 1.165) is 5.92 Å². The normalized spacial score (nSPS) is 15.8. The number of benzene rings is 1. The van der Waals surface area contributed by atoms with Gasteiger partial charge in [-0.15, -0.1) is 0 Å². The minimum Gasteiger partial charge on any atom is -0.0683 e. The van der Waals surface area contributed by atoms with Crippen molar-refractivity contribution in [2.75, 3.05) is 0 Å². The van der Waals surface area contributed by atoms with Crippen molar-refractivity contribution in [3.63, 3.8) is 0 Å². The summed E-state index contributed by atoms with van der Waals surface area (Å²) >= 11 is 0. The zero-order valence-corrected chi connectivity index (χ0v) is 13.0. The Labute approximate surface area is 109 Å². The quantitative estimate of drug-likeness (QED) is 0.502. The minimum atomic E-state index is 0.792. The summed E-state index contributed by atoms with van der Waals surface area (Å²) < 4.78 is 0. The Hall–Kier alpha value is -0.780. The van der Waals surface area contributed by atoms with Gasteiger partial charge in [0.2, 0.25) is 0 Å². The highest BCUT2D eigenvalue weighted by Crippen LogP contribution is 2.30. The van der Waals surface area contributed by atoms with Crippen LogP contribution in [0, 0.1) is 0 Å². The van der Waals surface area contributed by atoms with Crippen LogP contribution in [0.1, 0.15) is 78.4 Å². The van der Waals surface area contributed by atoms with Crippen LogP contribution >= 0.6 is 0 Å². The van der Waals surface area contributed by atoms with E-state index in [9.17, 15) is 0 Å². The van der Waals surface area contributed by atoms with Crippen LogP contribution in [0.5, 0.6) is 0 Å². The monoisotopic (exact) mass is 236 g/mol. The molecule has 2 rings (SSSR count). The van der Waals surface area contributed by atoms with Crippen LogP contribution in [0.4, 0.5) is 0 Å². The SMILES string of the molecule is CC.CC.CC.CC1CCCc2ccccc21. The summed E-state index contributed by atoms with van der Waals surface area (Å²) in [6, 6.07) is 8.85. The average Bonchev–Trinajstić information content (AvgIpc) is 2.46. The first-order valence-corrected chi connectivity index (χ1v) is 7.46. The molecule has 0 radical (unpaired) electrons. The molecule has 0 aromatic heterocycles. The Balaban J connectivity index is 0. The molecule has 0 heterocycles. The lowest BCUT2D eigenvalue weighted by molar-refractivity contribution is 0.590. The third kappa shape index (κ3) is 6.51. The zero-order valence-electron chi connectivity index (χ0n) is 13.0. The van der Waals surface area contributed by atoms with Gasteiger partial charge < -0.3 is 0 Å². The Morgan fingerprint density at radius 2 is 1.41 bits per heavy atom. The van der Waals surface area contributed by atoms with E-state index in [4.69, 9.17) is 0 Å². The van der Waals surface area contributed by atoms with Gasteiger partial charge in [0.15, 0.2) is 0 Å². The molecular weight excluding hydrogens is 204 g/mol. The Morgan fingerprint density at radius 3 is 1.94 bits per heavy atom. The standard InChI is InChI=1S/C11H14.3C2H6/c1-9-5-4-7-10-6-2-3-8-11(9)10;3*1-2/h2-3,6,8-9H,4-5,7H2,1H3;3*1-2H3. The number of fused-ring (bicyclic) bond motifs is 1. The van der Waals surface area contributed by atoms with Gasteiger partial charge in [0.1, 0.15) is 0 Å². The van der Waals surface area contributed by atoms with Gasteiger partial charge in [-0.2, -0.15) is 0 Å². The lowest BCUT2D eigenvalue weighted by atomic mass is 9.84. The highest BCUT2D eigenvalue weighted by atomic mass is 14.2. The Kier molecular flexibility index (Phi) is 14.5. The number of aryl methyl sites for hydroxylation is 1. The van der Waals surface area contributed by atoms with Crippen molar-refractivity contribution in [3.05, 3.63) is 35.4 Å². The molecular formula is C17H32. The molecule has 1 aliphatic rings. The van der Waals surface area contributed by atoms with E-state index in [0.29, 0.717) is 0 Å². The fraction of sp³-hybridized carbons (Fsp3) is 0.647. The highest BCUT2D eigenvalue weighted by Gasteiger charge is 2.14. The molecule has 0 spiro atoms. The Bertz CT molecular complexity index is 250. The van der Waals surface area contributed by atoms with Crippen LogP contribution in [0.3, 0.4) is 0 Å². The molecule has 1 aromatic rings. The molecule has 0 amide bonds. The molecule has 0 saturated carbocycles. The molecule has 100 valence electrons. The number of hydrogen-bond donors (Lipinski definition) is 0. The summed E-state index contributed by atoms with van der Waals surface area (Å²) in [5.74, 6) is 0.792. The minimum absolute atomic E-state index is 0.792. The molecule has 1 aromatic carbocycles. The van der Waals surface area contributed by atoms with Crippen LogP contribution < -0.4 is 0 Å². The molecule has 0 fully saturated rings. The van der Waals surface area contributed by atoms with E-state index < -0.39 is 0 Å². The maximum Gasteiger partial charge on any atom is -0.0188 e. The van der Waals surface area contributed by atoms with Crippen molar-refractivity contribution in [1.29, 1.82) is 0 Å². The molecule has 0 heteroatoms. The number of hydrogen-bond acceptors (Lipinski definition) is 0. The summed E-state index contributed by atoms with van der Waals surface area (Å²) in [5.41, 5.74) is 3.16. The van der Waals surface area contributed by atoms with Crippen molar-refractivity contribution in [2.24, 2.45) is 0 Å². The maximum atomic E-state index is 2.33. The predicted octanol–water partition coefficient (Wildman–Crippen LogP) is 6.21. The fourth-order valence-corrected chi connectivity index (χ4v) is 2.00. The van der Waals surface area contributed by atoms with E-state index >= 15 is 0 Å². The predicted molar refractivity (Wildman–Crippen MR) is 81.8 cm³/mol. The van der Waals surface area contributed by atoms with Gasteiger partial charge in [-0.1, -0.05) is 72.7 Å². The third-order valence-corrected chi connectivity index (χ3v) is 2.67. The molecule has 0 nitrogen and oxygen atoms in total. The van der Waals surface area contributed by atoms with Crippen LogP contribution in [0.25, 0.3) is 0 Å². The van der Waals surface area contributed by atoms with E-state index in [1.54, 1.807) is 11.1 Å². The lowest BCUT2D eigenvalue weighted by Crippen LogP contribution is -2.05. The summed E-state index contributed by atoms with van der Waals surface area (Å²) in [4.78, 5) is 0. The van der Waals surface area contributed by atoms with Crippen LogP contribution in [0.2, 0.25) is 0 Å². The van der Waals surface area contributed by atoms with E-state index in [1.165, 1.54) is 19.3 Å². The summed E-state index contributed by atoms with van der Waals surface area (Å²) in [7, 11) is 0. The van der Waals surface area contributed by atoms with E-state index in [2.05, 4.69) is 31.2 Å². The molecule has 0 saturated heterocycles. The fourth-order valence-electron chi connectivity index (χ4n) is 2.00. The third-order valence-electron chi connectivity index (χ3n) is 2.67. The van der Waals surface area contributed by atoms with Crippen molar-refractivity contribution >= 4 is 0 Å². The van der Waals surface area contributed by atoms with Gasteiger partial charge >= 0.3 is 0 Å². The van der Waals surface area contributed by atoms with Gasteiger partial charge in [-0.3, -0.25) is 0 Å². The second kappa shape index (κ2) is 13.3. The van der Waals surface area contributed by atoms with Gasteiger partial charge in [-0.25, -0.2) is 0 Å². The van der Waals surface area contributed by atoms with Crippen molar-refractivity contribution in [1.82, 2.24) is 0 Å². The largest absolute Gasteiger partial charge is 0.0683 e. The van der Waals surface area contributed by atoms with E-state index in [-0.39, 0.29) is 0 Å². The first-order valence-electron chi connectivity index (χ1n) is 7.46. The topological polar surface area (TPSA) is 0 Å². The summed E-state index contributed by atoms with van der Waals surface area (Å²) in [6.07, 6.45) is 4.04. The average molecular weight is 236 g/mol. The summed E-state index contributed by atoms with van der Waals surface area (Å²) in [6.45, 7) is 14.3. The molecule has 0 N–H and O–H groups in total. The van der Waals surface area contributed by atoms with Gasteiger partial charge in [-0.05, 0) is 36.3 Å². The number of rotatable bonds is 0. The summed E-state index contributed by atoms with van der Waals surface area (Å²) in [5, 5.41) is 0. The van der Waals surface area contributed by atoms with Crippen molar-refractivity contribution in [3.8, 4) is 0 Å². The Morgan fingerprint density at radius 1 is 0.882 bits per heavy atom. The molecule has 1 aliphatic carbocycles. The van der Waals surface area contributed by atoms with Crippen molar-refractivity contribution in [2.45, 2.75) is 73.6 Å². The first-order chi connectivity index (χ1) is 8.38. The van der Waals surface area contributed by atoms with Gasteiger partial charge in [0.05, 0.1) is 0 Å². The maximum absolute atomic E-state index is 2.33. The second-order valence-corrected chi connectivity index (χ2v) is 3.49. The molecule has 17 heavy (non-hydrogen) atoms. The lowest BCUT2D eigenvalue weighted by Gasteiger charge is -2.21. The van der Waals surface area contributed by atoms with Gasteiger partial charge in [0.25, 0.3) is 0 Å². The second-order valence-electron chi connectivity index (χ2n) is 3.49. The molecule has 1 unspecified atom stereocenters. The highest BCUT2D eigenvalue weighted by molar-refractivity contribution is 5.31.